The van der Waals surface area contributed by atoms with Crippen molar-refractivity contribution in [1.82, 2.24) is 4.98 Å². The third kappa shape index (κ3) is 2.45. The van der Waals surface area contributed by atoms with Crippen LogP contribution < -0.4 is 11.1 Å². The van der Waals surface area contributed by atoms with Gasteiger partial charge < -0.3 is 11.1 Å². The minimum Gasteiger partial charge on any atom is -0.396 e. The van der Waals surface area contributed by atoms with E-state index in [0.717, 1.165) is 28.2 Å². The zero-order chi connectivity index (χ0) is 13.9. The number of anilines is 2. The van der Waals surface area contributed by atoms with E-state index in [-0.39, 0.29) is 0 Å². The third-order valence-electron chi connectivity index (χ3n) is 4.57. The van der Waals surface area contributed by atoms with Crippen molar-refractivity contribution >= 4 is 22.3 Å². The number of hydrogen-bond acceptors (Lipinski definition) is 3. The van der Waals surface area contributed by atoms with Crippen LogP contribution in [0.4, 0.5) is 11.4 Å². The molecule has 3 rings (SSSR count). The van der Waals surface area contributed by atoms with Gasteiger partial charge in [-0.15, -0.1) is 0 Å². The first-order valence-electron chi connectivity index (χ1n) is 7.69. The molecule has 3 heteroatoms. The van der Waals surface area contributed by atoms with Gasteiger partial charge in [0.25, 0.3) is 0 Å². The highest BCUT2D eigenvalue weighted by Crippen LogP contribution is 2.34. The summed E-state index contributed by atoms with van der Waals surface area (Å²) in [5, 5.41) is 4.86. The first kappa shape index (κ1) is 13.2. The van der Waals surface area contributed by atoms with E-state index >= 15 is 0 Å². The summed E-state index contributed by atoms with van der Waals surface area (Å²) in [5.74, 6) is 0.759. The number of para-hydroxylation sites is 1. The van der Waals surface area contributed by atoms with E-state index in [1.165, 1.54) is 32.1 Å². The van der Waals surface area contributed by atoms with E-state index in [2.05, 4.69) is 23.3 Å². The van der Waals surface area contributed by atoms with Gasteiger partial charge in [0.05, 0.1) is 23.1 Å². The highest BCUT2D eigenvalue weighted by Gasteiger charge is 2.24. The number of nitrogens with two attached hydrogens (primary N) is 1. The summed E-state index contributed by atoms with van der Waals surface area (Å²) >= 11 is 0. The fourth-order valence-corrected chi connectivity index (χ4v) is 3.39. The quantitative estimate of drug-likeness (QED) is 0.878. The van der Waals surface area contributed by atoms with Crippen LogP contribution in [-0.4, -0.2) is 11.0 Å². The number of nitrogens with one attached hydrogen (secondary N) is 1. The van der Waals surface area contributed by atoms with E-state index in [1.54, 1.807) is 6.20 Å². The molecule has 2 aromatic rings. The molecular weight excluding hydrogens is 246 g/mol. The number of nitrogens with zero attached hydrogens (tertiary/aromatic N) is 1. The molecule has 0 amide bonds. The van der Waals surface area contributed by atoms with E-state index in [9.17, 15) is 0 Å². The van der Waals surface area contributed by atoms with Crippen molar-refractivity contribution in [2.45, 2.75) is 45.1 Å². The Balaban J connectivity index is 1.95. The van der Waals surface area contributed by atoms with Crippen LogP contribution in [0.2, 0.25) is 0 Å². The average molecular weight is 269 g/mol. The first-order valence-corrected chi connectivity index (χ1v) is 7.69. The second-order valence-corrected chi connectivity index (χ2v) is 5.81. The van der Waals surface area contributed by atoms with E-state index in [4.69, 9.17) is 5.73 Å². The minimum atomic E-state index is 0.543. The summed E-state index contributed by atoms with van der Waals surface area (Å²) in [6, 6.07) is 8.75. The number of aromatic nitrogens is 1. The lowest BCUT2D eigenvalue weighted by molar-refractivity contribution is 0.317. The highest BCUT2D eigenvalue weighted by molar-refractivity contribution is 5.96. The molecule has 0 aliphatic heterocycles. The Morgan fingerprint density at radius 2 is 2.05 bits per heavy atom. The van der Waals surface area contributed by atoms with Gasteiger partial charge >= 0.3 is 0 Å². The molecule has 3 N–H and O–H groups in total. The van der Waals surface area contributed by atoms with Crippen LogP contribution in [0.1, 0.15) is 39.0 Å². The van der Waals surface area contributed by atoms with Gasteiger partial charge in [0.1, 0.15) is 0 Å². The summed E-state index contributed by atoms with van der Waals surface area (Å²) < 4.78 is 0. The Morgan fingerprint density at radius 1 is 1.25 bits per heavy atom. The smallest absolute Gasteiger partial charge is 0.0743 e. The van der Waals surface area contributed by atoms with E-state index < -0.39 is 0 Å². The maximum atomic E-state index is 6.17. The third-order valence-corrected chi connectivity index (χ3v) is 4.57. The molecule has 0 bridgehead atoms. The summed E-state index contributed by atoms with van der Waals surface area (Å²) in [6.45, 7) is 2.29. The Bertz CT molecular complexity index is 594. The second-order valence-electron chi connectivity index (χ2n) is 5.81. The lowest BCUT2D eigenvalue weighted by Crippen LogP contribution is -2.32. The summed E-state index contributed by atoms with van der Waals surface area (Å²) in [5.41, 5.74) is 9.00. The maximum Gasteiger partial charge on any atom is 0.0743 e. The van der Waals surface area contributed by atoms with Crippen LogP contribution in [-0.2, 0) is 0 Å². The minimum absolute atomic E-state index is 0.543. The molecule has 2 unspecified atom stereocenters. The van der Waals surface area contributed by atoms with Crippen LogP contribution in [0, 0.1) is 5.92 Å². The van der Waals surface area contributed by atoms with E-state index in [0.29, 0.717) is 6.04 Å². The zero-order valence-corrected chi connectivity index (χ0v) is 12.1. The van der Waals surface area contributed by atoms with Crippen LogP contribution in [0.5, 0.6) is 0 Å². The molecule has 0 spiro atoms. The summed E-state index contributed by atoms with van der Waals surface area (Å²) in [4.78, 5) is 4.41. The van der Waals surface area contributed by atoms with Gasteiger partial charge in [-0.2, -0.15) is 0 Å². The van der Waals surface area contributed by atoms with Gasteiger partial charge in [-0.05, 0) is 24.8 Å². The maximum absolute atomic E-state index is 6.17. The fraction of sp³-hybridized carbons (Fsp3) is 0.471. The molecule has 1 aromatic heterocycles. The van der Waals surface area contributed by atoms with Crippen LogP contribution >= 0.6 is 0 Å². The Hall–Kier alpha value is -1.77. The SMILES string of the molecule is CCC1CCCCC1Nc1c(N)cnc2ccccc12. The molecule has 2 atom stereocenters. The molecule has 0 saturated heterocycles. The average Bonchev–Trinajstić information content (AvgIpc) is 2.50. The number of hydrogen-bond donors (Lipinski definition) is 2. The molecule has 0 radical (unpaired) electrons. The zero-order valence-electron chi connectivity index (χ0n) is 12.1. The summed E-state index contributed by atoms with van der Waals surface area (Å²) in [7, 11) is 0. The number of benzene rings is 1. The van der Waals surface area contributed by atoms with Crippen molar-refractivity contribution < 1.29 is 0 Å². The van der Waals surface area contributed by atoms with Crippen LogP contribution in [0.25, 0.3) is 10.9 Å². The normalized spacial score (nSPS) is 22.9. The topological polar surface area (TPSA) is 50.9 Å². The monoisotopic (exact) mass is 269 g/mol. The van der Waals surface area contributed by atoms with Crippen LogP contribution in [0.15, 0.2) is 30.5 Å². The van der Waals surface area contributed by atoms with Crippen molar-refractivity contribution in [1.29, 1.82) is 0 Å². The molecule has 1 heterocycles. The molecule has 20 heavy (non-hydrogen) atoms. The highest BCUT2D eigenvalue weighted by atomic mass is 15.0. The van der Waals surface area contributed by atoms with Gasteiger partial charge in [-0.25, -0.2) is 0 Å². The largest absolute Gasteiger partial charge is 0.396 e. The summed E-state index contributed by atoms with van der Waals surface area (Å²) in [6.07, 6.45) is 8.26. The Labute approximate surface area is 120 Å². The lowest BCUT2D eigenvalue weighted by Gasteiger charge is -2.33. The number of pyridine rings is 1. The van der Waals surface area contributed by atoms with Crippen molar-refractivity contribution in [3.63, 3.8) is 0 Å². The molecule has 1 saturated carbocycles. The van der Waals surface area contributed by atoms with Gasteiger partial charge in [0.2, 0.25) is 0 Å². The molecule has 1 aliphatic carbocycles. The second kappa shape index (κ2) is 5.70. The number of fused-ring (bicyclic) bond motifs is 1. The molecule has 3 nitrogen and oxygen atoms in total. The number of rotatable bonds is 3. The lowest BCUT2D eigenvalue weighted by atomic mass is 9.82. The van der Waals surface area contributed by atoms with Crippen molar-refractivity contribution in [2.24, 2.45) is 5.92 Å². The standard InChI is InChI=1S/C17H23N3/c1-2-12-7-3-5-9-15(12)20-17-13-8-4-6-10-16(13)19-11-14(17)18/h4,6,8,10-12,15H,2-3,5,7,9,18H2,1H3,(H,19,20). The van der Waals surface area contributed by atoms with Crippen molar-refractivity contribution in [2.75, 3.05) is 11.1 Å². The number of nitrogen functional groups attached to an aromatic ring is 1. The molecule has 1 aromatic carbocycles. The Morgan fingerprint density at radius 3 is 2.90 bits per heavy atom. The fourth-order valence-electron chi connectivity index (χ4n) is 3.39. The molecule has 1 fully saturated rings. The van der Waals surface area contributed by atoms with Gasteiger partial charge in [0.15, 0.2) is 0 Å². The van der Waals surface area contributed by atoms with E-state index in [1.807, 2.05) is 18.2 Å². The molecule has 106 valence electrons. The molecule has 1 aliphatic rings. The van der Waals surface area contributed by atoms with Crippen LogP contribution in [0.3, 0.4) is 0 Å². The molecular formula is C17H23N3. The van der Waals surface area contributed by atoms with Crippen molar-refractivity contribution in [3.05, 3.63) is 30.5 Å². The predicted molar refractivity (Wildman–Crippen MR) is 85.8 cm³/mol. The van der Waals surface area contributed by atoms with Gasteiger partial charge in [-0.1, -0.05) is 44.4 Å². The predicted octanol–water partition coefficient (Wildman–Crippen LogP) is 4.20. The Kier molecular flexibility index (Phi) is 3.77. The van der Waals surface area contributed by atoms with Crippen molar-refractivity contribution in [3.8, 4) is 0 Å². The first-order chi connectivity index (χ1) is 9.79. The van der Waals surface area contributed by atoms with Gasteiger partial charge in [-0.3, -0.25) is 4.98 Å². The van der Waals surface area contributed by atoms with Gasteiger partial charge in [0, 0.05) is 11.4 Å².